The molecule has 3 aromatic carbocycles. The molecule has 0 aliphatic carbocycles. The Morgan fingerprint density at radius 1 is 0.760 bits per heavy atom. The number of nitrogens with zero attached hydrogens (tertiary/aromatic N) is 1. The average Bonchev–Trinajstić information content (AvgIpc) is 2.65. The molecular weight excluding hydrogens is 331 g/mol. The zero-order chi connectivity index (χ0) is 17.5. The van der Waals surface area contributed by atoms with E-state index >= 15 is 0 Å². The van der Waals surface area contributed by atoms with E-state index in [-0.39, 0.29) is 5.82 Å². The van der Waals surface area contributed by atoms with Crippen molar-refractivity contribution in [3.63, 3.8) is 0 Å². The SMILES string of the molecule is Fc1ccccc1NC(=S)N(Cc1ccccc1)Cc1ccccc1. The molecule has 0 bridgehead atoms. The number of hydrogen-bond acceptors (Lipinski definition) is 1. The molecule has 126 valence electrons. The molecule has 0 fully saturated rings. The minimum atomic E-state index is -0.316. The van der Waals surface area contributed by atoms with Crippen molar-refractivity contribution >= 4 is 23.0 Å². The molecule has 0 aliphatic rings. The maximum absolute atomic E-state index is 13.9. The zero-order valence-electron chi connectivity index (χ0n) is 13.7. The van der Waals surface area contributed by atoms with Gasteiger partial charge in [0.1, 0.15) is 5.82 Å². The van der Waals surface area contributed by atoms with Crippen molar-refractivity contribution in [2.45, 2.75) is 13.1 Å². The van der Waals surface area contributed by atoms with Crippen LogP contribution in [0.2, 0.25) is 0 Å². The van der Waals surface area contributed by atoms with E-state index < -0.39 is 0 Å². The fraction of sp³-hybridized carbons (Fsp3) is 0.0952. The van der Waals surface area contributed by atoms with E-state index in [0.29, 0.717) is 23.9 Å². The second-order valence-corrected chi connectivity index (χ2v) is 6.12. The minimum absolute atomic E-state index is 0.316. The summed E-state index contributed by atoms with van der Waals surface area (Å²) in [7, 11) is 0. The summed E-state index contributed by atoms with van der Waals surface area (Å²) in [4.78, 5) is 2.03. The van der Waals surface area contributed by atoms with Crippen LogP contribution in [0.15, 0.2) is 84.9 Å². The van der Waals surface area contributed by atoms with E-state index in [1.807, 2.05) is 41.3 Å². The lowest BCUT2D eigenvalue weighted by Crippen LogP contribution is -2.34. The van der Waals surface area contributed by atoms with Gasteiger partial charge in [0.15, 0.2) is 5.11 Å². The van der Waals surface area contributed by atoms with Crippen LogP contribution in [0.3, 0.4) is 0 Å². The standard InChI is InChI=1S/C21H19FN2S/c22-19-13-7-8-14-20(19)23-21(25)24(15-17-9-3-1-4-10-17)16-18-11-5-2-6-12-18/h1-14H,15-16H2,(H,23,25). The zero-order valence-corrected chi connectivity index (χ0v) is 14.5. The first-order valence-corrected chi connectivity index (χ1v) is 8.51. The minimum Gasteiger partial charge on any atom is -0.340 e. The highest BCUT2D eigenvalue weighted by molar-refractivity contribution is 7.80. The van der Waals surface area contributed by atoms with Crippen molar-refractivity contribution in [1.29, 1.82) is 0 Å². The van der Waals surface area contributed by atoms with Gasteiger partial charge in [-0.25, -0.2) is 4.39 Å². The van der Waals surface area contributed by atoms with Crippen molar-refractivity contribution in [2.24, 2.45) is 0 Å². The van der Waals surface area contributed by atoms with E-state index in [0.717, 1.165) is 11.1 Å². The third-order valence-corrected chi connectivity index (χ3v) is 4.20. The van der Waals surface area contributed by atoms with Crippen molar-refractivity contribution in [1.82, 2.24) is 4.90 Å². The molecule has 3 rings (SSSR count). The van der Waals surface area contributed by atoms with E-state index in [2.05, 4.69) is 29.6 Å². The van der Waals surface area contributed by atoms with Crippen LogP contribution < -0.4 is 5.32 Å². The van der Waals surface area contributed by atoms with Gasteiger partial charge in [0.2, 0.25) is 0 Å². The van der Waals surface area contributed by atoms with Crippen molar-refractivity contribution in [2.75, 3.05) is 5.32 Å². The van der Waals surface area contributed by atoms with E-state index in [9.17, 15) is 4.39 Å². The molecule has 0 spiro atoms. The average molecular weight is 350 g/mol. The van der Waals surface area contributed by atoms with Crippen LogP contribution in [0.5, 0.6) is 0 Å². The summed E-state index contributed by atoms with van der Waals surface area (Å²) in [5, 5.41) is 3.53. The Hall–Kier alpha value is -2.72. The van der Waals surface area contributed by atoms with Gasteiger partial charge in [-0.2, -0.15) is 0 Å². The molecule has 2 nitrogen and oxygen atoms in total. The number of anilines is 1. The van der Waals surface area contributed by atoms with Gasteiger partial charge in [-0.05, 0) is 35.5 Å². The van der Waals surface area contributed by atoms with E-state index in [1.165, 1.54) is 6.07 Å². The largest absolute Gasteiger partial charge is 0.340 e. The van der Waals surface area contributed by atoms with Crippen molar-refractivity contribution in [3.05, 3.63) is 102 Å². The highest BCUT2D eigenvalue weighted by Gasteiger charge is 2.13. The van der Waals surface area contributed by atoms with Gasteiger partial charge in [-0.15, -0.1) is 0 Å². The quantitative estimate of drug-likeness (QED) is 0.635. The predicted octanol–water partition coefficient (Wildman–Crippen LogP) is 5.22. The van der Waals surface area contributed by atoms with Crippen LogP contribution in [0, 0.1) is 5.82 Å². The van der Waals surface area contributed by atoms with Crippen LogP contribution in [-0.4, -0.2) is 10.0 Å². The summed E-state index contributed by atoms with van der Waals surface area (Å²) in [6.07, 6.45) is 0. The Morgan fingerprint density at radius 3 is 1.76 bits per heavy atom. The molecule has 0 heterocycles. The van der Waals surface area contributed by atoms with Gasteiger partial charge in [0, 0.05) is 13.1 Å². The molecule has 0 amide bonds. The Morgan fingerprint density at radius 2 is 1.24 bits per heavy atom. The van der Waals surface area contributed by atoms with Gasteiger partial charge >= 0.3 is 0 Å². The Balaban J connectivity index is 1.79. The lowest BCUT2D eigenvalue weighted by Gasteiger charge is -2.26. The van der Waals surface area contributed by atoms with Gasteiger partial charge in [-0.1, -0.05) is 72.8 Å². The van der Waals surface area contributed by atoms with Crippen LogP contribution in [0.25, 0.3) is 0 Å². The molecule has 0 radical (unpaired) electrons. The number of halogens is 1. The normalized spacial score (nSPS) is 10.3. The number of benzene rings is 3. The maximum Gasteiger partial charge on any atom is 0.174 e. The summed E-state index contributed by atoms with van der Waals surface area (Å²) in [5.74, 6) is -0.316. The van der Waals surface area contributed by atoms with Crippen LogP contribution >= 0.6 is 12.2 Å². The number of rotatable bonds is 5. The highest BCUT2D eigenvalue weighted by Crippen LogP contribution is 2.16. The van der Waals surface area contributed by atoms with E-state index in [1.54, 1.807) is 18.2 Å². The third-order valence-electron chi connectivity index (χ3n) is 3.84. The van der Waals surface area contributed by atoms with Crippen molar-refractivity contribution in [3.8, 4) is 0 Å². The smallest absolute Gasteiger partial charge is 0.174 e. The number of hydrogen-bond donors (Lipinski definition) is 1. The first-order chi connectivity index (χ1) is 12.2. The maximum atomic E-state index is 13.9. The summed E-state index contributed by atoms with van der Waals surface area (Å²) in [5.41, 5.74) is 2.69. The van der Waals surface area contributed by atoms with Gasteiger partial charge in [0.25, 0.3) is 0 Å². The lowest BCUT2D eigenvalue weighted by molar-refractivity contribution is 0.412. The first-order valence-electron chi connectivity index (χ1n) is 8.10. The number of thiocarbonyl (C=S) groups is 1. The van der Waals surface area contributed by atoms with Gasteiger partial charge < -0.3 is 10.2 Å². The molecule has 0 atom stereocenters. The predicted molar refractivity (Wildman–Crippen MR) is 105 cm³/mol. The first kappa shape index (κ1) is 17.1. The summed E-state index contributed by atoms with van der Waals surface area (Å²) in [6.45, 7) is 1.30. The molecule has 0 unspecified atom stereocenters. The highest BCUT2D eigenvalue weighted by atomic mass is 32.1. The summed E-state index contributed by atoms with van der Waals surface area (Å²) < 4.78 is 13.9. The Bertz CT molecular complexity index is 780. The number of nitrogens with one attached hydrogen (secondary N) is 1. The monoisotopic (exact) mass is 350 g/mol. The van der Waals surface area contributed by atoms with Crippen LogP contribution in [-0.2, 0) is 13.1 Å². The van der Waals surface area contributed by atoms with E-state index in [4.69, 9.17) is 12.2 Å². The third kappa shape index (κ3) is 4.88. The van der Waals surface area contributed by atoms with Crippen LogP contribution in [0.1, 0.15) is 11.1 Å². The topological polar surface area (TPSA) is 15.3 Å². The fourth-order valence-corrected chi connectivity index (χ4v) is 2.80. The molecule has 0 aromatic heterocycles. The molecule has 3 aromatic rings. The Labute approximate surface area is 152 Å². The lowest BCUT2D eigenvalue weighted by atomic mass is 10.2. The molecule has 1 N–H and O–H groups in total. The summed E-state index contributed by atoms with van der Waals surface area (Å²) in [6, 6.07) is 26.8. The molecule has 0 saturated heterocycles. The molecule has 0 aliphatic heterocycles. The second kappa shape index (κ2) is 8.40. The fourth-order valence-electron chi connectivity index (χ4n) is 2.56. The molecular formula is C21H19FN2S. The molecule has 0 saturated carbocycles. The van der Waals surface area contributed by atoms with Gasteiger partial charge in [0.05, 0.1) is 5.69 Å². The summed E-state index contributed by atoms with van der Waals surface area (Å²) >= 11 is 5.56. The molecule has 4 heteroatoms. The van der Waals surface area contributed by atoms with Crippen molar-refractivity contribution < 1.29 is 4.39 Å². The number of para-hydroxylation sites is 1. The molecule has 25 heavy (non-hydrogen) atoms. The van der Waals surface area contributed by atoms with Gasteiger partial charge in [-0.3, -0.25) is 0 Å². The van der Waals surface area contributed by atoms with Crippen LogP contribution in [0.4, 0.5) is 10.1 Å². The second-order valence-electron chi connectivity index (χ2n) is 5.74. The Kier molecular flexibility index (Phi) is 5.75.